The Bertz CT molecular complexity index is 552. The van der Waals surface area contributed by atoms with Gasteiger partial charge in [0.25, 0.3) is 0 Å². The van der Waals surface area contributed by atoms with Crippen molar-refractivity contribution in [2.24, 2.45) is 0 Å². The van der Waals surface area contributed by atoms with Crippen molar-refractivity contribution in [2.75, 3.05) is 13.7 Å². The van der Waals surface area contributed by atoms with E-state index in [4.69, 9.17) is 0 Å². The molecule has 0 aliphatic carbocycles. The molecule has 0 amide bonds. The molecule has 21 heavy (non-hydrogen) atoms. The molecule has 1 N–H and O–H groups in total. The van der Waals surface area contributed by atoms with Crippen LogP contribution in [0.5, 0.6) is 0 Å². The molecule has 0 radical (unpaired) electrons. The fourth-order valence-electron chi connectivity index (χ4n) is 2.05. The van der Waals surface area contributed by atoms with Crippen LogP contribution in [0.2, 0.25) is 0 Å². The van der Waals surface area contributed by atoms with E-state index >= 15 is 0 Å². The number of hydrogen-bond donors (Lipinski definition) is 1. The fourth-order valence-corrected chi connectivity index (χ4v) is 2.05. The van der Waals surface area contributed by atoms with Crippen LogP contribution in [0.1, 0.15) is 24.0 Å². The first-order chi connectivity index (χ1) is 10.3. The second-order valence-electron chi connectivity index (χ2n) is 4.89. The van der Waals surface area contributed by atoms with Gasteiger partial charge in [-0.3, -0.25) is 9.48 Å². The summed E-state index contributed by atoms with van der Waals surface area (Å²) in [7, 11) is 1.41. The number of aromatic nitrogens is 2. The summed E-state index contributed by atoms with van der Waals surface area (Å²) in [5, 5.41) is 7.65. The summed E-state index contributed by atoms with van der Waals surface area (Å²) in [6, 6.07) is 10.3. The molecule has 1 aromatic heterocycles. The minimum absolute atomic E-state index is 0.160. The summed E-state index contributed by atoms with van der Waals surface area (Å²) in [6.07, 6.45) is 5.15. The molecule has 0 spiro atoms. The molecule has 1 aromatic carbocycles. The fraction of sp³-hybridized carbons (Fsp3) is 0.375. The number of nitrogens with one attached hydrogen (secondary N) is 1. The molecule has 2 rings (SSSR count). The first kappa shape index (κ1) is 15.3. The third-order valence-corrected chi connectivity index (χ3v) is 3.17. The zero-order valence-corrected chi connectivity index (χ0v) is 12.3. The van der Waals surface area contributed by atoms with Gasteiger partial charge in [-0.15, -0.1) is 0 Å². The highest BCUT2D eigenvalue weighted by Crippen LogP contribution is 2.04. The van der Waals surface area contributed by atoms with Gasteiger partial charge in [0.2, 0.25) is 0 Å². The summed E-state index contributed by atoms with van der Waals surface area (Å²) < 4.78 is 6.53. The lowest BCUT2D eigenvalue weighted by Crippen LogP contribution is -2.15. The minimum atomic E-state index is -0.160. The summed E-state index contributed by atoms with van der Waals surface area (Å²) in [5.74, 6) is -0.160. The van der Waals surface area contributed by atoms with Crippen molar-refractivity contribution in [1.82, 2.24) is 15.1 Å². The first-order valence-corrected chi connectivity index (χ1v) is 7.10. The Hall–Kier alpha value is -2.14. The maximum atomic E-state index is 11.0. The molecule has 0 bridgehead atoms. The topological polar surface area (TPSA) is 56.1 Å². The van der Waals surface area contributed by atoms with Crippen molar-refractivity contribution in [3.63, 3.8) is 0 Å². The highest BCUT2D eigenvalue weighted by atomic mass is 16.5. The molecule has 5 heteroatoms. The monoisotopic (exact) mass is 287 g/mol. The number of rotatable bonds is 8. The van der Waals surface area contributed by atoms with Crippen molar-refractivity contribution in [2.45, 2.75) is 25.9 Å². The highest BCUT2D eigenvalue weighted by molar-refractivity contribution is 5.69. The lowest BCUT2D eigenvalue weighted by molar-refractivity contribution is -0.140. The Morgan fingerprint density at radius 3 is 2.86 bits per heavy atom. The molecular weight excluding hydrogens is 266 g/mol. The molecule has 112 valence electrons. The van der Waals surface area contributed by atoms with Crippen LogP contribution in [-0.2, 0) is 22.6 Å². The van der Waals surface area contributed by atoms with Crippen LogP contribution < -0.4 is 5.32 Å². The van der Waals surface area contributed by atoms with Crippen molar-refractivity contribution in [3.05, 3.63) is 53.9 Å². The van der Waals surface area contributed by atoms with E-state index in [-0.39, 0.29) is 5.97 Å². The van der Waals surface area contributed by atoms with Crippen LogP contribution in [-0.4, -0.2) is 29.4 Å². The molecule has 0 atom stereocenters. The summed E-state index contributed by atoms with van der Waals surface area (Å²) in [5.41, 5.74) is 2.38. The number of carbonyl (C=O) groups is 1. The second kappa shape index (κ2) is 8.21. The lowest BCUT2D eigenvalue weighted by atomic mass is 10.2. The maximum absolute atomic E-state index is 11.0. The van der Waals surface area contributed by atoms with Crippen LogP contribution in [0.4, 0.5) is 0 Å². The van der Waals surface area contributed by atoms with Gasteiger partial charge in [-0.05, 0) is 18.5 Å². The second-order valence-corrected chi connectivity index (χ2v) is 4.89. The number of hydrogen-bond acceptors (Lipinski definition) is 4. The minimum Gasteiger partial charge on any atom is -0.469 e. The Kier molecular flexibility index (Phi) is 5.97. The van der Waals surface area contributed by atoms with Gasteiger partial charge in [-0.25, -0.2) is 0 Å². The van der Waals surface area contributed by atoms with E-state index < -0.39 is 0 Å². The number of esters is 1. The predicted molar refractivity (Wildman–Crippen MR) is 80.7 cm³/mol. The molecule has 0 aliphatic heterocycles. The van der Waals surface area contributed by atoms with Gasteiger partial charge in [-0.2, -0.15) is 5.10 Å². The Morgan fingerprint density at radius 1 is 1.29 bits per heavy atom. The van der Waals surface area contributed by atoms with Crippen molar-refractivity contribution in [1.29, 1.82) is 0 Å². The van der Waals surface area contributed by atoms with Gasteiger partial charge < -0.3 is 10.1 Å². The average molecular weight is 287 g/mol. The Labute approximate surface area is 124 Å². The van der Waals surface area contributed by atoms with E-state index in [9.17, 15) is 4.79 Å². The molecule has 0 saturated heterocycles. The summed E-state index contributed by atoms with van der Waals surface area (Å²) in [4.78, 5) is 11.0. The molecule has 0 fully saturated rings. The zero-order valence-electron chi connectivity index (χ0n) is 12.3. The predicted octanol–water partition coefficient (Wildman–Crippen LogP) is 1.97. The van der Waals surface area contributed by atoms with Crippen LogP contribution in [0.25, 0.3) is 0 Å². The average Bonchev–Trinajstić information content (AvgIpc) is 2.95. The Morgan fingerprint density at radius 2 is 2.10 bits per heavy atom. The van der Waals surface area contributed by atoms with Gasteiger partial charge in [-0.1, -0.05) is 30.3 Å². The number of benzene rings is 1. The van der Waals surface area contributed by atoms with Crippen molar-refractivity contribution < 1.29 is 9.53 Å². The Balaban J connectivity index is 1.70. The molecule has 0 aliphatic rings. The molecule has 2 aromatic rings. The lowest BCUT2D eigenvalue weighted by Gasteiger charge is -2.03. The van der Waals surface area contributed by atoms with Crippen molar-refractivity contribution in [3.8, 4) is 0 Å². The molecular formula is C16H21N3O2. The molecule has 0 saturated carbocycles. The third-order valence-electron chi connectivity index (χ3n) is 3.17. The zero-order chi connectivity index (χ0) is 14.9. The van der Waals surface area contributed by atoms with Gasteiger partial charge >= 0.3 is 5.97 Å². The van der Waals surface area contributed by atoms with Gasteiger partial charge in [0.15, 0.2) is 0 Å². The SMILES string of the molecule is COC(=O)CCCNCc1cnn(Cc2ccccc2)c1. The standard InChI is InChI=1S/C16H21N3O2/c1-21-16(20)8-5-9-17-10-15-11-18-19(13-15)12-14-6-3-2-4-7-14/h2-4,6-7,11,13,17H,5,8-10,12H2,1H3. The first-order valence-electron chi connectivity index (χ1n) is 7.10. The molecule has 0 unspecified atom stereocenters. The van der Waals surface area contributed by atoms with E-state index in [0.29, 0.717) is 6.42 Å². The molecule has 1 heterocycles. The largest absolute Gasteiger partial charge is 0.469 e. The van der Waals surface area contributed by atoms with Crippen molar-refractivity contribution >= 4 is 5.97 Å². The number of ether oxygens (including phenoxy) is 1. The quantitative estimate of drug-likeness (QED) is 0.596. The summed E-state index contributed by atoms with van der Waals surface area (Å²) >= 11 is 0. The number of nitrogens with zero attached hydrogens (tertiary/aromatic N) is 2. The van der Waals surface area contributed by atoms with E-state index in [0.717, 1.165) is 31.6 Å². The van der Waals surface area contributed by atoms with E-state index in [1.807, 2.05) is 35.3 Å². The normalized spacial score (nSPS) is 10.5. The smallest absolute Gasteiger partial charge is 0.305 e. The van der Waals surface area contributed by atoms with Crippen LogP contribution in [0, 0.1) is 0 Å². The van der Waals surface area contributed by atoms with Gasteiger partial charge in [0, 0.05) is 24.7 Å². The van der Waals surface area contributed by atoms with Crippen LogP contribution >= 0.6 is 0 Å². The van der Waals surface area contributed by atoms with E-state index in [1.165, 1.54) is 12.7 Å². The summed E-state index contributed by atoms with van der Waals surface area (Å²) in [6.45, 7) is 2.33. The van der Waals surface area contributed by atoms with E-state index in [2.05, 4.69) is 27.3 Å². The number of carbonyl (C=O) groups excluding carboxylic acids is 1. The van der Waals surface area contributed by atoms with Crippen LogP contribution in [0.15, 0.2) is 42.7 Å². The third kappa shape index (κ3) is 5.39. The van der Waals surface area contributed by atoms with Gasteiger partial charge in [0.05, 0.1) is 19.9 Å². The highest BCUT2D eigenvalue weighted by Gasteiger charge is 2.01. The number of methoxy groups -OCH3 is 1. The van der Waals surface area contributed by atoms with Crippen LogP contribution in [0.3, 0.4) is 0 Å². The van der Waals surface area contributed by atoms with Gasteiger partial charge in [0.1, 0.15) is 0 Å². The maximum Gasteiger partial charge on any atom is 0.305 e. The van der Waals surface area contributed by atoms with E-state index in [1.54, 1.807) is 0 Å². The molecule has 5 nitrogen and oxygen atoms in total.